The molecule has 0 N–H and O–H groups in total. The van der Waals surface area contributed by atoms with Gasteiger partial charge in [-0.1, -0.05) is 40.5 Å². The molecule has 1 heteroatoms. The fourth-order valence-electron chi connectivity index (χ4n) is 1.69. The molecule has 0 aromatic carbocycles. The maximum atomic E-state index is 10.8. The standard InChI is InChI=1S/C10H20O/c1-5-9(6-2)10(4,7-3)8-11/h8-9H,5-7H2,1-4H3. The van der Waals surface area contributed by atoms with E-state index in [1.165, 1.54) is 0 Å². The van der Waals surface area contributed by atoms with Crippen LogP contribution in [0.4, 0.5) is 0 Å². The lowest BCUT2D eigenvalue weighted by molar-refractivity contribution is -0.118. The lowest BCUT2D eigenvalue weighted by Crippen LogP contribution is -2.27. The van der Waals surface area contributed by atoms with Crippen LogP contribution in [0, 0.1) is 11.3 Å². The average Bonchev–Trinajstić information content (AvgIpc) is 2.06. The lowest BCUT2D eigenvalue weighted by atomic mass is 9.73. The summed E-state index contributed by atoms with van der Waals surface area (Å²) in [6, 6.07) is 0. The van der Waals surface area contributed by atoms with Gasteiger partial charge in [-0.2, -0.15) is 0 Å². The highest BCUT2D eigenvalue weighted by atomic mass is 16.1. The average molecular weight is 156 g/mol. The molecule has 0 rings (SSSR count). The van der Waals surface area contributed by atoms with Crippen LogP contribution >= 0.6 is 0 Å². The van der Waals surface area contributed by atoms with Crippen LogP contribution in [-0.4, -0.2) is 6.29 Å². The second-order valence-corrected chi connectivity index (χ2v) is 3.49. The molecule has 1 nitrogen and oxygen atoms in total. The third-order valence-electron chi connectivity index (χ3n) is 2.95. The van der Waals surface area contributed by atoms with Crippen LogP contribution in [0.2, 0.25) is 0 Å². The number of carbonyl (C=O) groups excluding carboxylic acids is 1. The highest BCUT2D eigenvalue weighted by Gasteiger charge is 2.29. The molecule has 11 heavy (non-hydrogen) atoms. The van der Waals surface area contributed by atoms with Crippen molar-refractivity contribution in [2.75, 3.05) is 0 Å². The number of aldehydes is 1. The van der Waals surface area contributed by atoms with Crippen LogP contribution in [0.25, 0.3) is 0 Å². The van der Waals surface area contributed by atoms with Crippen molar-refractivity contribution < 1.29 is 4.79 Å². The normalized spacial score (nSPS) is 16.5. The molecule has 0 aliphatic rings. The van der Waals surface area contributed by atoms with Crippen LogP contribution in [0.15, 0.2) is 0 Å². The number of carbonyl (C=O) groups is 1. The van der Waals surface area contributed by atoms with Crippen molar-refractivity contribution >= 4 is 6.29 Å². The van der Waals surface area contributed by atoms with Crippen molar-refractivity contribution in [1.29, 1.82) is 0 Å². The first-order chi connectivity index (χ1) is 5.14. The van der Waals surface area contributed by atoms with E-state index < -0.39 is 0 Å². The monoisotopic (exact) mass is 156 g/mol. The van der Waals surface area contributed by atoms with Crippen molar-refractivity contribution in [3.05, 3.63) is 0 Å². The van der Waals surface area contributed by atoms with Gasteiger partial charge in [-0.3, -0.25) is 0 Å². The van der Waals surface area contributed by atoms with Gasteiger partial charge in [-0.05, 0) is 12.3 Å². The van der Waals surface area contributed by atoms with E-state index in [1.807, 2.05) is 0 Å². The molecule has 0 saturated heterocycles. The first-order valence-electron chi connectivity index (χ1n) is 4.60. The highest BCUT2D eigenvalue weighted by Crippen LogP contribution is 2.33. The molecule has 1 atom stereocenters. The van der Waals surface area contributed by atoms with E-state index in [0.717, 1.165) is 25.5 Å². The van der Waals surface area contributed by atoms with Crippen LogP contribution < -0.4 is 0 Å². The first kappa shape index (κ1) is 10.7. The van der Waals surface area contributed by atoms with Gasteiger partial charge >= 0.3 is 0 Å². The van der Waals surface area contributed by atoms with Gasteiger partial charge in [0.2, 0.25) is 0 Å². The largest absolute Gasteiger partial charge is 0.303 e. The molecule has 0 heterocycles. The smallest absolute Gasteiger partial charge is 0.126 e. The van der Waals surface area contributed by atoms with E-state index in [4.69, 9.17) is 0 Å². The van der Waals surface area contributed by atoms with Crippen LogP contribution in [-0.2, 0) is 4.79 Å². The Morgan fingerprint density at radius 3 is 1.82 bits per heavy atom. The van der Waals surface area contributed by atoms with E-state index in [-0.39, 0.29) is 5.41 Å². The van der Waals surface area contributed by atoms with Gasteiger partial charge in [-0.15, -0.1) is 0 Å². The van der Waals surface area contributed by atoms with Gasteiger partial charge in [0.25, 0.3) is 0 Å². The summed E-state index contributed by atoms with van der Waals surface area (Å²) in [7, 11) is 0. The van der Waals surface area contributed by atoms with Gasteiger partial charge in [0.05, 0.1) is 0 Å². The van der Waals surface area contributed by atoms with Gasteiger partial charge in [0.1, 0.15) is 6.29 Å². The summed E-state index contributed by atoms with van der Waals surface area (Å²) in [6.07, 6.45) is 4.31. The first-order valence-corrected chi connectivity index (χ1v) is 4.60. The summed E-state index contributed by atoms with van der Waals surface area (Å²) < 4.78 is 0. The summed E-state index contributed by atoms with van der Waals surface area (Å²) in [5, 5.41) is 0. The number of hydrogen-bond acceptors (Lipinski definition) is 1. The zero-order valence-corrected chi connectivity index (χ0v) is 8.18. The zero-order valence-electron chi connectivity index (χ0n) is 8.18. The van der Waals surface area contributed by atoms with Crippen LogP contribution in [0.3, 0.4) is 0 Å². The Morgan fingerprint density at radius 1 is 1.27 bits per heavy atom. The van der Waals surface area contributed by atoms with Crippen LogP contribution in [0.5, 0.6) is 0 Å². The summed E-state index contributed by atoms with van der Waals surface area (Å²) in [5.41, 5.74) is -0.0799. The van der Waals surface area contributed by atoms with Gasteiger partial charge in [0, 0.05) is 5.41 Å². The molecule has 0 aromatic heterocycles. The summed E-state index contributed by atoms with van der Waals surface area (Å²) >= 11 is 0. The van der Waals surface area contributed by atoms with Crippen LogP contribution in [0.1, 0.15) is 47.0 Å². The quantitative estimate of drug-likeness (QED) is 0.559. The molecule has 0 aromatic rings. The second-order valence-electron chi connectivity index (χ2n) is 3.49. The SMILES string of the molecule is CCC(CC)C(C)(C=O)CC. The zero-order chi connectivity index (χ0) is 8.91. The molecule has 0 radical (unpaired) electrons. The van der Waals surface area contributed by atoms with Gasteiger partial charge in [0.15, 0.2) is 0 Å². The molecule has 0 aliphatic heterocycles. The minimum Gasteiger partial charge on any atom is -0.303 e. The summed E-state index contributed by atoms with van der Waals surface area (Å²) in [5.74, 6) is 0.560. The topological polar surface area (TPSA) is 17.1 Å². The van der Waals surface area contributed by atoms with Crippen molar-refractivity contribution in [3.8, 4) is 0 Å². The fourth-order valence-corrected chi connectivity index (χ4v) is 1.69. The second kappa shape index (κ2) is 4.53. The summed E-state index contributed by atoms with van der Waals surface area (Å²) in [6.45, 7) is 8.47. The maximum absolute atomic E-state index is 10.8. The minimum absolute atomic E-state index is 0.0799. The molecule has 0 aliphatic carbocycles. The molecule has 0 saturated carbocycles. The fraction of sp³-hybridized carbons (Fsp3) is 0.900. The Hall–Kier alpha value is -0.330. The van der Waals surface area contributed by atoms with Gasteiger partial charge < -0.3 is 4.79 Å². The van der Waals surface area contributed by atoms with E-state index in [0.29, 0.717) is 5.92 Å². The minimum atomic E-state index is -0.0799. The lowest BCUT2D eigenvalue weighted by Gasteiger charge is -2.30. The third kappa shape index (κ3) is 2.32. The highest BCUT2D eigenvalue weighted by molar-refractivity contribution is 5.59. The molecule has 0 bridgehead atoms. The third-order valence-corrected chi connectivity index (χ3v) is 2.95. The Labute approximate surface area is 70.2 Å². The Kier molecular flexibility index (Phi) is 4.39. The van der Waals surface area contributed by atoms with E-state index in [2.05, 4.69) is 27.7 Å². The molecule has 0 amide bonds. The number of hydrogen-bond donors (Lipinski definition) is 0. The van der Waals surface area contributed by atoms with E-state index in [9.17, 15) is 4.79 Å². The molecular weight excluding hydrogens is 136 g/mol. The Bertz CT molecular complexity index is 116. The van der Waals surface area contributed by atoms with Crippen molar-refractivity contribution in [3.63, 3.8) is 0 Å². The molecule has 1 unspecified atom stereocenters. The predicted octanol–water partition coefficient (Wildman–Crippen LogP) is 3.04. The molecular formula is C10H20O. The summed E-state index contributed by atoms with van der Waals surface area (Å²) in [4.78, 5) is 10.8. The molecule has 0 spiro atoms. The van der Waals surface area contributed by atoms with E-state index >= 15 is 0 Å². The Morgan fingerprint density at radius 2 is 1.73 bits per heavy atom. The predicted molar refractivity (Wildman–Crippen MR) is 48.5 cm³/mol. The van der Waals surface area contributed by atoms with Gasteiger partial charge in [-0.25, -0.2) is 0 Å². The van der Waals surface area contributed by atoms with Crippen molar-refractivity contribution in [2.24, 2.45) is 11.3 Å². The Balaban J connectivity index is 4.31. The molecule has 66 valence electrons. The van der Waals surface area contributed by atoms with Crippen molar-refractivity contribution in [1.82, 2.24) is 0 Å². The van der Waals surface area contributed by atoms with Crippen molar-refractivity contribution in [2.45, 2.75) is 47.0 Å². The maximum Gasteiger partial charge on any atom is 0.126 e. The number of rotatable bonds is 5. The van der Waals surface area contributed by atoms with E-state index in [1.54, 1.807) is 0 Å². The molecule has 0 fully saturated rings.